The molecular weight excluding hydrogens is 316 g/mol. The molecule has 2 fully saturated rings. The molecule has 0 saturated carbocycles. The predicted molar refractivity (Wildman–Crippen MR) is 72.7 cm³/mol. The molecule has 0 aromatic carbocycles. The van der Waals surface area contributed by atoms with E-state index in [0.29, 0.717) is 26.1 Å². The van der Waals surface area contributed by atoms with Crippen LogP contribution in [0, 0.1) is 0 Å². The maximum Gasteiger partial charge on any atom is 0.254 e. The molecule has 1 atom stereocenters. The van der Waals surface area contributed by atoms with Gasteiger partial charge in [0.2, 0.25) is 5.91 Å². The lowest BCUT2D eigenvalue weighted by molar-refractivity contribution is -0.130. The molecule has 2 amide bonds. The first-order valence-electron chi connectivity index (χ1n) is 5.98. The number of rotatable bonds is 1. The summed E-state index contributed by atoms with van der Waals surface area (Å²) in [4.78, 5) is 27.7. The number of hydrogen-bond acceptors (Lipinski definition) is 3. The Labute approximate surface area is 118 Å². The average Bonchev–Trinajstić information content (AvgIpc) is 2.95. The number of thiophene rings is 1. The molecule has 2 aliphatic rings. The fraction of sp³-hybridized carbons (Fsp3) is 0.500. The zero-order valence-corrected chi connectivity index (χ0v) is 12.2. The predicted octanol–water partition coefficient (Wildman–Crippen LogP) is 1.96. The van der Waals surface area contributed by atoms with E-state index in [1.165, 1.54) is 11.3 Å². The largest absolute Gasteiger partial charge is 0.336 e. The molecule has 4 nitrogen and oxygen atoms in total. The van der Waals surface area contributed by atoms with Gasteiger partial charge in [0.25, 0.3) is 5.91 Å². The number of hydrogen-bond donors (Lipinski definition) is 0. The lowest BCUT2D eigenvalue weighted by atomic mass is 10.1. The molecule has 18 heavy (non-hydrogen) atoms. The smallest absolute Gasteiger partial charge is 0.254 e. The van der Waals surface area contributed by atoms with Crippen LogP contribution in [0.4, 0.5) is 0 Å². The summed E-state index contributed by atoms with van der Waals surface area (Å²) in [5, 5.41) is 1.87. The minimum absolute atomic E-state index is 0.0796. The highest BCUT2D eigenvalue weighted by molar-refractivity contribution is 9.11. The van der Waals surface area contributed by atoms with Gasteiger partial charge in [-0.1, -0.05) is 0 Å². The molecule has 0 radical (unpaired) electrons. The van der Waals surface area contributed by atoms with Gasteiger partial charge in [0.15, 0.2) is 0 Å². The molecule has 0 bridgehead atoms. The Kier molecular flexibility index (Phi) is 3.15. The van der Waals surface area contributed by atoms with Crippen molar-refractivity contribution in [3.63, 3.8) is 0 Å². The van der Waals surface area contributed by atoms with Gasteiger partial charge in [-0.25, -0.2) is 0 Å². The zero-order valence-electron chi connectivity index (χ0n) is 9.76. The SMILES string of the molecule is O=C(c1csc(Br)c1)N1CCN2C(=O)CCC2C1. The summed E-state index contributed by atoms with van der Waals surface area (Å²) in [6.07, 6.45) is 1.52. The third-order valence-electron chi connectivity index (χ3n) is 3.60. The molecule has 1 aromatic heterocycles. The van der Waals surface area contributed by atoms with E-state index in [4.69, 9.17) is 0 Å². The Morgan fingerprint density at radius 3 is 3.00 bits per heavy atom. The molecule has 0 N–H and O–H groups in total. The summed E-state index contributed by atoms with van der Waals surface area (Å²) in [5.74, 6) is 0.321. The fourth-order valence-corrected chi connectivity index (χ4v) is 3.78. The Hall–Kier alpha value is -0.880. The van der Waals surface area contributed by atoms with Crippen LogP contribution in [0.5, 0.6) is 0 Å². The fourth-order valence-electron chi connectivity index (χ4n) is 2.65. The summed E-state index contributed by atoms with van der Waals surface area (Å²) in [5.41, 5.74) is 0.740. The van der Waals surface area contributed by atoms with Crippen molar-refractivity contribution >= 4 is 39.1 Å². The summed E-state index contributed by atoms with van der Waals surface area (Å²) < 4.78 is 0.973. The molecule has 1 aromatic rings. The third kappa shape index (κ3) is 2.07. The number of fused-ring (bicyclic) bond motifs is 1. The molecule has 96 valence electrons. The van der Waals surface area contributed by atoms with Crippen molar-refractivity contribution in [3.8, 4) is 0 Å². The van der Waals surface area contributed by atoms with Crippen LogP contribution in [0.15, 0.2) is 15.2 Å². The highest BCUT2D eigenvalue weighted by Crippen LogP contribution is 2.26. The highest BCUT2D eigenvalue weighted by atomic mass is 79.9. The van der Waals surface area contributed by atoms with Crippen molar-refractivity contribution in [2.24, 2.45) is 0 Å². The first-order valence-corrected chi connectivity index (χ1v) is 7.65. The van der Waals surface area contributed by atoms with Gasteiger partial charge in [-0.05, 0) is 28.4 Å². The van der Waals surface area contributed by atoms with E-state index in [0.717, 1.165) is 15.8 Å². The van der Waals surface area contributed by atoms with E-state index in [1.807, 2.05) is 21.2 Å². The first kappa shape index (κ1) is 12.2. The number of carbonyl (C=O) groups excluding carboxylic acids is 2. The second-order valence-electron chi connectivity index (χ2n) is 4.67. The van der Waals surface area contributed by atoms with Gasteiger partial charge in [-0.2, -0.15) is 0 Å². The van der Waals surface area contributed by atoms with Crippen LogP contribution in [0.3, 0.4) is 0 Å². The number of amides is 2. The van der Waals surface area contributed by atoms with Crippen LogP contribution >= 0.6 is 27.3 Å². The van der Waals surface area contributed by atoms with E-state index in [2.05, 4.69) is 15.9 Å². The quantitative estimate of drug-likeness (QED) is 0.790. The first-order chi connectivity index (χ1) is 8.65. The Balaban J connectivity index is 1.71. The van der Waals surface area contributed by atoms with E-state index >= 15 is 0 Å². The Morgan fingerprint density at radius 1 is 1.44 bits per heavy atom. The van der Waals surface area contributed by atoms with E-state index in [9.17, 15) is 9.59 Å². The van der Waals surface area contributed by atoms with Gasteiger partial charge < -0.3 is 9.80 Å². The molecular formula is C12H13BrN2O2S. The molecule has 0 aliphatic carbocycles. The number of nitrogens with zero attached hydrogens (tertiary/aromatic N) is 2. The monoisotopic (exact) mass is 328 g/mol. The second kappa shape index (κ2) is 4.66. The summed E-state index contributed by atoms with van der Waals surface area (Å²) >= 11 is 4.89. The van der Waals surface area contributed by atoms with Crippen LogP contribution in [0.2, 0.25) is 0 Å². The van der Waals surface area contributed by atoms with E-state index in [-0.39, 0.29) is 17.9 Å². The van der Waals surface area contributed by atoms with Crippen LogP contribution in [-0.4, -0.2) is 47.3 Å². The molecule has 3 heterocycles. The number of carbonyl (C=O) groups is 2. The summed E-state index contributed by atoms with van der Waals surface area (Å²) in [7, 11) is 0. The molecule has 2 aliphatic heterocycles. The molecule has 3 rings (SSSR count). The van der Waals surface area contributed by atoms with Gasteiger partial charge in [-0.15, -0.1) is 11.3 Å². The molecule has 6 heteroatoms. The minimum Gasteiger partial charge on any atom is -0.336 e. The van der Waals surface area contributed by atoms with E-state index in [1.54, 1.807) is 0 Å². The number of piperazine rings is 1. The second-order valence-corrected chi connectivity index (χ2v) is 6.96. The van der Waals surface area contributed by atoms with Crippen LogP contribution < -0.4 is 0 Å². The summed E-state index contributed by atoms with van der Waals surface area (Å²) in [6.45, 7) is 2.01. The van der Waals surface area contributed by atoms with Crippen molar-refractivity contribution < 1.29 is 9.59 Å². The average molecular weight is 329 g/mol. The minimum atomic E-state index is 0.0796. The molecule has 2 saturated heterocycles. The van der Waals surface area contributed by atoms with Gasteiger partial charge >= 0.3 is 0 Å². The van der Waals surface area contributed by atoms with Gasteiger partial charge in [-0.3, -0.25) is 9.59 Å². The molecule has 1 unspecified atom stereocenters. The summed E-state index contributed by atoms with van der Waals surface area (Å²) in [6, 6.07) is 2.09. The van der Waals surface area contributed by atoms with Crippen LogP contribution in [-0.2, 0) is 4.79 Å². The maximum atomic E-state index is 12.3. The zero-order chi connectivity index (χ0) is 12.7. The highest BCUT2D eigenvalue weighted by Gasteiger charge is 2.37. The lowest BCUT2D eigenvalue weighted by Crippen LogP contribution is -2.53. The van der Waals surface area contributed by atoms with Crippen LogP contribution in [0.25, 0.3) is 0 Å². The normalized spacial score (nSPS) is 23.4. The Bertz CT molecular complexity index is 502. The van der Waals surface area contributed by atoms with Crippen molar-refractivity contribution in [1.29, 1.82) is 0 Å². The van der Waals surface area contributed by atoms with Crippen molar-refractivity contribution in [2.45, 2.75) is 18.9 Å². The van der Waals surface area contributed by atoms with Gasteiger partial charge in [0.05, 0.1) is 9.35 Å². The van der Waals surface area contributed by atoms with Crippen LogP contribution in [0.1, 0.15) is 23.2 Å². The van der Waals surface area contributed by atoms with Gasteiger partial charge in [0.1, 0.15) is 0 Å². The van der Waals surface area contributed by atoms with Crippen molar-refractivity contribution in [1.82, 2.24) is 9.80 Å². The molecule has 0 spiro atoms. The topological polar surface area (TPSA) is 40.6 Å². The number of halogens is 1. The standard InChI is InChI=1S/C12H13BrN2O2S/c13-10-5-8(7-18-10)12(17)14-3-4-15-9(6-14)1-2-11(15)16/h5,7,9H,1-4,6H2. The van der Waals surface area contributed by atoms with E-state index < -0.39 is 0 Å². The maximum absolute atomic E-state index is 12.3. The van der Waals surface area contributed by atoms with Gasteiger partial charge in [0, 0.05) is 37.5 Å². The van der Waals surface area contributed by atoms with Crippen molar-refractivity contribution in [3.05, 3.63) is 20.8 Å². The Morgan fingerprint density at radius 2 is 2.28 bits per heavy atom. The van der Waals surface area contributed by atoms with Crippen molar-refractivity contribution in [2.75, 3.05) is 19.6 Å². The third-order valence-corrected chi connectivity index (χ3v) is 5.10. The lowest BCUT2D eigenvalue weighted by Gasteiger charge is -2.37.